The van der Waals surface area contributed by atoms with Crippen molar-refractivity contribution < 1.29 is 29.3 Å². The van der Waals surface area contributed by atoms with Crippen molar-refractivity contribution in [2.45, 2.75) is 45.6 Å². The zero-order valence-electron chi connectivity index (χ0n) is 22.0. The summed E-state index contributed by atoms with van der Waals surface area (Å²) in [5, 5.41) is 20.4. The lowest BCUT2D eigenvalue weighted by Gasteiger charge is -2.28. The molecule has 2 amide bonds. The van der Waals surface area contributed by atoms with Gasteiger partial charge in [0.1, 0.15) is 35.3 Å². The maximum atomic E-state index is 12.3. The quantitative estimate of drug-likeness (QED) is 0.515. The number of hydrogen-bond acceptors (Lipinski definition) is 11. The fourth-order valence-corrected chi connectivity index (χ4v) is 4.75. The summed E-state index contributed by atoms with van der Waals surface area (Å²) < 4.78 is 10.1. The lowest BCUT2D eigenvalue weighted by molar-refractivity contribution is -0.116. The van der Waals surface area contributed by atoms with E-state index < -0.39 is 12.5 Å². The molecule has 2 aromatic rings. The average molecular weight is 560 g/mol. The van der Waals surface area contributed by atoms with Crippen LogP contribution in [0.4, 0.5) is 17.5 Å². The van der Waals surface area contributed by atoms with Gasteiger partial charge in [-0.1, -0.05) is 11.6 Å². The van der Waals surface area contributed by atoms with E-state index in [-0.39, 0.29) is 34.3 Å². The molecule has 1 fully saturated rings. The minimum Gasteiger partial charge on any atom is -0.496 e. The Balaban J connectivity index is 0.000000187. The van der Waals surface area contributed by atoms with Crippen LogP contribution in [0.3, 0.4) is 0 Å². The summed E-state index contributed by atoms with van der Waals surface area (Å²) in [7, 11) is 2.84. The molecule has 2 unspecified atom stereocenters. The van der Waals surface area contributed by atoms with Gasteiger partial charge in [0.15, 0.2) is 24.0 Å². The predicted octanol–water partition coefficient (Wildman–Crippen LogP) is 1.77. The Labute approximate surface area is 230 Å². The number of aliphatic hydroxyl groups excluding tert-OH is 2. The average Bonchev–Trinajstić information content (AvgIpc) is 3.30. The monoisotopic (exact) mass is 559 g/mol. The van der Waals surface area contributed by atoms with E-state index in [1.165, 1.54) is 44.3 Å². The Bertz CT molecular complexity index is 1310. The fourth-order valence-electron chi connectivity index (χ4n) is 4.61. The minimum absolute atomic E-state index is 0.193. The molecule has 2 aromatic heterocycles. The van der Waals surface area contributed by atoms with Crippen LogP contribution in [0.2, 0.25) is 5.15 Å². The van der Waals surface area contributed by atoms with Crippen molar-refractivity contribution in [2.24, 2.45) is 0 Å². The number of carbonyl (C=O) groups excluding carboxylic acids is 2. The van der Waals surface area contributed by atoms with Gasteiger partial charge in [-0.3, -0.25) is 19.4 Å². The third kappa shape index (κ3) is 5.51. The Morgan fingerprint density at radius 2 is 1.23 bits per heavy atom. The highest BCUT2D eigenvalue weighted by Gasteiger charge is 2.40. The third-order valence-corrected chi connectivity index (χ3v) is 6.85. The van der Waals surface area contributed by atoms with Crippen LogP contribution in [0, 0.1) is 0 Å². The molecule has 2 N–H and O–H groups in total. The summed E-state index contributed by atoms with van der Waals surface area (Å²) in [6.45, 7) is 5.12. The van der Waals surface area contributed by atoms with Gasteiger partial charge in [0.25, 0.3) is 11.8 Å². The molecule has 5 rings (SSSR count). The van der Waals surface area contributed by atoms with E-state index in [4.69, 9.17) is 21.1 Å². The molecular formula is C25H30ClN7O6. The van der Waals surface area contributed by atoms with E-state index in [1.807, 2.05) is 0 Å². The number of ether oxygens (including phenoxy) is 2. The molecule has 14 heteroatoms. The number of anilines is 3. The van der Waals surface area contributed by atoms with E-state index in [0.717, 1.165) is 36.6 Å². The number of hydrogen-bond donors (Lipinski definition) is 2. The first-order valence-corrected chi connectivity index (χ1v) is 12.6. The largest absolute Gasteiger partial charge is 0.496 e. The number of amides is 2. The first kappa shape index (κ1) is 28.2. The number of rotatable bonds is 5. The molecular weight excluding hydrogens is 530 g/mol. The summed E-state index contributed by atoms with van der Waals surface area (Å²) >= 11 is 5.71. The number of aromatic nitrogens is 4. The van der Waals surface area contributed by atoms with Crippen molar-refractivity contribution in [1.29, 1.82) is 0 Å². The van der Waals surface area contributed by atoms with E-state index in [0.29, 0.717) is 17.0 Å². The Morgan fingerprint density at radius 3 is 1.69 bits per heavy atom. The second-order valence-electron chi connectivity index (χ2n) is 8.97. The van der Waals surface area contributed by atoms with Crippen molar-refractivity contribution in [3.63, 3.8) is 0 Å². The van der Waals surface area contributed by atoms with E-state index >= 15 is 0 Å². The maximum Gasteiger partial charge on any atom is 0.261 e. The third-order valence-electron chi connectivity index (χ3n) is 6.65. The lowest BCUT2D eigenvalue weighted by atomic mass is 10.1. The standard InChI is InChI=1S/C15H20N4O3.C10H10ClN3O3/c1-10-13(22-2)15(21)19(14(10)20)12-8-11(16-9-17-12)18-6-4-3-5-7-18;1-5-8(17-2)10(16)14(9(5)15)7-3-6(11)12-4-13-7/h8-9,15,21H,3-7H2,1-2H3;3-4,10,16H,1-2H3. The highest BCUT2D eigenvalue weighted by molar-refractivity contribution is 6.29. The number of piperidine rings is 1. The molecule has 0 bridgehead atoms. The Hall–Kier alpha value is -3.81. The zero-order valence-corrected chi connectivity index (χ0v) is 22.8. The normalized spacial score (nSPS) is 21.5. The van der Waals surface area contributed by atoms with Gasteiger partial charge in [0.2, 0.25) is 0 Å². The second-order valence-corrected chi connectivity index (χ2v) is 9.35. The van der Waals surface area contributed by atoms with Crippen LogP contribution in [0.1, 0.15) is 33.1 Å². The molecule has 208 valence electrons. The van der Waals surface area contributed by atoms with Crippen molar-refractivity contribution in [3.05, 3.63) is 52.6 Å². The number of methoxy groups -OCH3 is 2. The van der Waals surface area contributed by atoms with Crippen molar-refractivity contribution in [1.82, 2.24) is 19.9 Å². The second kappa shape index (κ2) is 11.9. The van der Waals surface area contributed by atoms with Gasteiger partial charge in [0, 0.05) is 25.2 Å². The summed E-state index contributed by atoms with van der Waals surface area (Å²) in [6.07, 6.45) is 3.84. The summed E-state index contributed by atoms with van der Waals surface area (Å²) in [6, 6.07) is 3.15. The fraction of sp³-hybridized carbons (Fsp3) is 0.440. The first-order valence-electron chi connectivity index (χ1n) is 12.3. The smallest absolute Gasteiger partial charge is 0.261 e. The predicted molar refractivity (Wildman–Crippen MR) is 142 cm³/mol. The van der Waals surface area contributed by atoms with Gasteiger partial charge in [-0.05, 0) is 33.1 Å². The molecule has 5 heterocycles. The van der Waals surface area contributed by atoms with Crippen LogP contribution >= 0.6 is 11.6 Å². The zero-order chi connectivity index (χ0) is 28.3. The lowest BCUT2D eigenvalue weighted by Crippen LogP contribution is -2.37. The summed E-state index contributed by atoms with van der Waals surface area (Å²) in [5.74, 6) is 1.21. The summed E-state index contributed by atoms with van der Waals surface area (Å²) in [5.41, 5.74) is 0.739. The number of halogens is 1. The molecule has 3 aliphatic heterocycles. The van der Waals surface area contributed by atoms with Crippen LogP contribution in [-0.4, -0.2) is 81.7 Å². The molecule has 39 heavy (non-hydrogen) atoms. The number of aliphatic hydroxyl groups is 2. The highest BCUT2D eigenvalue weighted by Crippen LogP contribution is 2.31. The molecule has 1 saturated heterocycles. The van der Waals surface area contributed by atoms with Crippen molar-refractivity contribution >= 4 is 40.9 Å². The van der Waals surface area contributed by atoms with Gasteiger partial charge >= 0.3 is 0 Å². The number of nitrogens with zero attached hydrogens (tertiary/aromatic N) is 7. The van der Waals surface area contributed by atoms with E-state index in [2.05, 4.69) is 24.8 Å². The van der Waals surface area contributed by atoms with E-state index in [1.54, 1.807) is 19.9 Å². The Kier molecular flexibility index (Phi) is 8.63. The molecule has 2 atom stereocenters. The van der Waals surface area contributed by atoms with Crippen LogP contribution in [0.25, 0.3) is 0 Å². The minimum atomic E-state index is -1.18. The molecule has 0 spiro atoms. The van der Waals surface area contributed by atoms with Crippen LogP contribution < -0.4 is 14.7 Å². The molecule has 13 nitrogen and oxygen atoms in total. The number of carbonyl (C=O) groups is 2. The SMILES string of the molecule is COC1=C(C)C(=O)N(c2cc(Cl)ncn2)C1O.COC1=C(C)C(=O)N(c2cc(N3CCCCC3)ncn2)C1O. The topological polar surface area (TPSA) is 154 Å². The van der Waals surface area contributed by atoms with Gasteiger partial charge < -0.3 is 24.6 Å². The van der Waals surface area contributed by atoms with Crippen LogP contribution in [0.5, 0.6) is 0 Å². The van der Waals surface area contributed by atoms with Crippen molar-refractivity contribution in [2.75, 3.05) is 42.0 Å². The van der Waals surface area contributed by atoms with Gasteiger partial charge in [-0.25, -0.2) is 19.9 Å². The first-order chi connectivity index (χ1) is 18.7. The van der Waals surface area contributed by atoms with E-state index in [9.17, 15) is 19.8 Å². The molecule has 0 aromatic carbocycles. The molecule has 0 aliphatic carbocycles. The van der Waals surface area contributed by atoms with Gasteiger partial charge in [0.05, 0.1) is 25.4 Å². The van der Waals surface area contributed by atoms with Gasteiger partial charge in [-0.2, -0.15) is 0 Å². The summed E-state index contributed by atoms with van der Waals surface area (Å²) in [4.78, 5) is 44.8. The Morgan fingerprint density at radius 1 is 0.769 bits per heavy atom. The van der Waals surface area contributed by atoms with Gasteiger partial charge in [-0.15, -0.1) is 0 Å². The van der Waals surface area contributed by atoms with Crippen LogP contribution in [-0.2, 0) is 19.1 Å². The van der Waals surface area contributed by atoms with Crippen molar-refractivity contribution in [3.8, 4) is 0 Å². The molecule has 0 saturated carbocycles. The molecule has 0 radical (unpaired) electrons. The maximum absolute atomic E-state index is 12.3. The van der Waals surface area contributed by atoms with Crippen LogP contribution in [0.15, 0.2) is 47.5 Å². The highest BCUT2D eigenvalue weighted by atomic mass is 35.5. The molecule has 3 aliphatic rings.